The van der Waals surface area contributed by atoms with E-state index in [1.165, 1.54) is 24.8 Å². The zero-order valence-corrected chi connectivity index (χ0v) is 19.2. The molecule has 0 aromatic heterocycles. The molecule has 0 radical (unpaired) electrons. The summed E-state index contributed by atoms with van der Waals surface area (Å²) in [5.74, 6) is 0.421. The molecule has 1 atom stereocenters. The highest BCUT2D eigenvalue weighted by atomic mass is 31.2. The average Bonchev–Trinajstić information content (AvgIpc) is 2.52. The fourth-order valence-electron chi connectivity index (χ4n) is 2.88. The molecule has 0 bridgehead atoms. The minimum Gasteiger partial charge on any atom is -0.404 e. The smallest absolute Gasteiger partial charge is 0.404 e. The Morgan fingerprint density at radius 3 is 2.07 bits per heavy atom. The van der Waals surface area contributed by atoms with E-state index in [1.54, 1.807) is 6.07 Å². The highest BCUT2D eigenvalue weighted by Gasteiger charge is 2.28. The number of phosphoric ester groups is 1. The van der Waals surface area contributed by atoms with E-state index in [0.717, 1.165) is 24.8 Å². The van der Waals surface area contributed by atoms with Gasteiger partial charge in [0.1, 0.15) is 5.75 Å². The van der Waals surface area contributed by atoms with Crippen LogP contribution in [0, 0.1) is 0 Å². The number of rotatable bonds is 10. The van der Waals surface area contributed by atoms with Gasteiger partial charge in [0.25, 0.3) is 0 Å². The summed E-state index contributed by atoms with van der Waals surface area (Å²) in [7, 11) is -4.13. The van der Waals surface area contributed by atoms with Crippen LogP contribution in [-0.2, 0) is 19.9 Å². The Labute approximate surface area is 166 Å². The normalized spacial score (nSPS) is 14.8. The van der Waals surface area contributed by atoms with Crippen LogP contribution in [0.1, 0.15) is 98.1 Å². The maximum Gasteiger partial charge on any atom is 0.527 e. The minimum atomic E-state index is -4.13. The van der Waals surface area contributed by atoms with E-state index in [9.17, 15) is 9.46 Å². The lowest BCUT2D eigenvalue weighted by molar-refractivity contribution is 0.198. The summed E-state index contributed by atoms with van der Waals surface area (Å²) in [4.78, 5) is 10.1. The first-order valence-corrected chi connectivity index (χ1v) is 11.7. The molecule has 0 spiro atoms. The Morgan fingerprint density at radius 2 is 1.52 bits per heavy atom. The lowest BCUT2D eigenvalue weighted by atomic mass is 9.80. The quantitative estimate of drug-likeness (QED) is 0.336. The molecule has 4 nitrogen and oxygen atoms in total. The number of phosphoric acid groups is 1. The third-order valence-electron chi connectivity index (χ3n) is 4.62. The van der Waals surface area contributed by atoms with Gasteiger partial charge in [0.2, 0.25) is 0 Å². The summed E-state index contributed by atoms with van der Waals surface area (Å²) in [6, 6.07) is 5.82. The van der Waals surface area contributed by atoms with E-state index in [2.05, 4.69) is 54.5 Å². The molecule has 0 aliphatic rings. The zero-order chi connectivity index (χ0) is 20.7. The van der Waals surface area contributed by atoms with E-state index >= 15 is 0 Å². The molecule has 0 heterocycles. The molecule has 27 heavy (non-hydrogen) atoms. The van der Waals surface area contributed by atoms with Crippen molar-refractivity contribution in [3.63, 3.8) is 0 Å². The standard InChI is InChI=1S/C22H39O4P/c1-8-9-10-11-12-13-16-25-27(23,24)26-20-15-14-18(21(2,3)4)17-19(20)22(5,6)7/h14-15,17H,8-13,16H2,1-7H3,(H,23,24). The summed E-state index contributed by atoms with van der Waals surface area (Å²) in [6.45, 7) is 15.1. The highest BCUT2D eigenvalue weighted by Crippen LogP contribution is 2.47. The summed E-state index contributed by atoms with van der Waals surface area (Å²) in [6.07, 6.45) is 6.57. The van der Waals surface area contributed by atoms with Crippen molar-refractivity contribution in [1.29, 1.82) is 0 Å². The Balaban J connectivity index is 2.77. The molecular weight excluding hydrogens is 359 g/mol. The van der Waals surface area contributed by atoms with E-state index in [0.29, 0.717) is 5.75 Å². The number of unbranched alkanes of at least 4 members (excludes halogenated alkanes) is 5. The average molecular weight is 399 g/mol. The molecule has 1 unspecified atom stereocenters. The minimum absolute atomic E-state index is 0.00425. The van der Waals surface area contributed by atoms with Crippen LogP contribution in [0.2, 0.25) is 0 Å². The molecule has 1 N–H and O–H groups in total. The second kappa shape index (κ2) is 10.1. The lowest BCUT2D eigenvalue weighted by Crippen LogP contribution is -2.17. The second-order valence-electron chi connectivity index (χ2n) is 9.37. The van der Waals surface area contributed by atoms with Gasteiger partial charge in [0.15, 0.2) is 0 Å². The van der Waals surface area contributed by atoms with Gasteiger partial charge in [-0.1, -0.05) is 92.7 Å². The predicted octanol–water partition coefficient (Wildman–Crippen LogP) is 7.14. The molecule has 156 valence electrons. The summed E-state index contributed by atoms with van der Waals surface area (Å²) in [5.41, 5.74) is 1.86. The van der Waals surface area contributed by atoms with Crippen molar-refractivity contribution in [2.45, 2.75) is 97.8 Å². The fraction of sp³-hybridized carbons (Fsp3) is 0.727. The monoisotopic (exact) mass is 398 g/mol. The van der Waals surface area contributed by atoms with Gasteiger partial charge in [-0.3, -0.25) is 9.42 Å². The van der Waals surface area contributed by atoms with E-state index in [4.69, 9.17) is 9.05 Å². The first kappa shape index (κ1) is 24.2. The third-order valence-corrected chi connectivity index (χ3v) is 5.56. The SMILES string of the molecule is CCCCCCCCOP(=O)(O)Oc1ccc(C(C)(C)C)cc1C(C)(C)C. The van der Waals surface area contributed by atoms with Gasteiger partial charge in [-0.2, -0.15) is 0 Å². The van der Waals surface area contributed by atoms with E-state index < -0.39 is 7.82 Å². The highest BCUT2D eigenvalue weighted by molar-refractivity contribution is 7.47. The van der Waals surface area contributed by atoms with Crippen molar-refractivity contribution < 1.29 is 18.5 Å². The molecule has 0 fully saturated rings. The molecule has 0 aliphatic carbocycles. The molecule has 0 aliphatic heterocycles. The molecule has 0 amide bonds. The van der Waals surface area contributed by atoms with Crippen molar-refractivity contribution in [3.8, 4) is 5.75 Å². The Bertz CT molecular complexity index is 626. The predicted molar refractivity (Wildman–Crippen MR) is 114 cm³/mol. The van der Waals surface area contributed by atoms with Gasteiger partial charge < -0.3 is 4.52 Å². The molecule has 1 aromatic rings. The first-order valence-electron chi connectivity index (χ1n) is 10.2. The van der Waals surface area contributed by atoms with Crippen molar-refractivity contribution in [2.24, 2.45) is 0 Å². The van der Waals surface area contributed by atoms with Gasteiger partial charge in [-0.25, -0.2) is 4.57 Å². The van der Waals surface area contributed by atoms with Crippen LogP contribution in [-0.4, -0.2) is 11.5 Å². The van der Waals surface area contributed by atoms with E-state index in [1.807, 2.05) is 6.07 Å². The van der Waals surface area contributed by atoms with Crippen molar-refractivity contribution in [3.05, 3.63) is 29.3 Å². The summed E-state index contributed by atoms with van der Waals surface area (Å²) in [5, 5.41) is 0. The Kier molecular flexibility index (Phi) is 9.05. The fourth-order valence-corrected chi connectivity index (χ4v) is 3.70. The maximum atomic E-state index is 12.4. The van der Waals surface area contributed by atoms with Gasteiger partial charge >= 0.3 is 7.82 Å². The van der Waals surface area contributed by atoms with Crippen molar-refractivity contribution in [2.75, 3.05) is 6.61 Å². The molecule has 0 saturated carbocycles. The van der Waals surface area contributed by atoms with Gasteiger partial charge in [-0.05, 0) is 28.9 Å². The number of hydrogen-bond acceptors (Lipinski definition) is 3. The van der Waals surface area contributed by atoms with Crippen molar-refractivity contribution >= 4 is 7.82 Å². The Hall–Kier alpha value is -0.830. The number of hydrogen-bond donors (Lipinski definition) is 1. The van der Waals surface area contributed by atoms with Crippen LogP contribution in [0.4, 0.5) is 0 Å². The lowest BCUT2D eigenvalue weighted by Gasteiger charge is -2.27. The molecule has 1 rings (SSSR count). The largest absolute Gasteiger partial charge is 0.527 e. The summed E-state index contributed by atoms with van der Waals surface area (Å²) >= 11 is 0. The van der Waals surface area contributed by atoms with E-state index in [-0.39, 0.29) is 17.4 Å². The van der Waals surface area contributed by atoms with Gasteiger partial charge in [0.05, 0.1) is 6.61 Å². The molecule has 0 saturated heterocycles. The Morgan fingerprint density at radius 1 is 0.926 bits per heavy atom. The molecular formula is C22H39O4P. The van der Waals surface area contributed by atoms with Crippen LogP contribution in [0.15, 0.2) is 18.2 Å². The first-order chi connectivity index (χ1) is 12.4. The molecule has 1 aromatic carbocycles. The summed E-state index contributed by atoms with van der Waals surface area (Å²) < 4.78 is 23.0. The van der Waals surface area contributed by atoms with Crippen LogP contribution in [0.5, 0.6) is 5.75 Å². The van der Waals surface area contributed by atoms with Gasteiger partial charge in [0, 0.05) is 5.56 Å². The second-order valence-corrected chi connectivity index (χ2v) is 10.7. The van der Waals surface area contributed by atoms with Gasteiger partial charge in [-0.15, -0.1) is 0 Å². The van der Waals surface area contributed by atoms with Crippen LogP contribution < -0.4 is 4.52 Å². The molecule has 5 heteroatoms. The number of benzene rings is 1. The van der Waals surface area contributed by atoms with Crippen LogP contribution in [0.3, 0.4) is 0 Å². The maximum absolute atomic E-state index is 12.4. The van der Waals surface area contributed by atoms with Crippen molar-refractivity contribution in [1.82, 2.24) is 0 Å². The van der Waals surface area contributed by atoms with Crippen LogP contribution in [0.25, 0.3) is 0 Å². The zero-order valence-electron chi connectivity index (χ0n) is 18.3. The van der Waals surface area contributed by atoms with Crippen LogP contribution >= 0.6 is 7.82 Å². The topological polar surface area (TPSA) is 55.8 Å². The third kappa shape index (κ3) is 8.81.